The number of hydrogen-bond acceptors (Lipinski definition) is 15. The number of unbranched alkanes of at least 4 members (excludes halogenated alkanes) is 44. The number of aliphatic hydroxyl groups is 1. The van der Waals surface area contributed by atoms with Crippen molar-refractivity contribution in [3.63, 3.8) is 0 Å². The second-order valence-corrected chi connectivity index (χ2v) is 30.4. The van der Waals surface area contributed by atoms with Crippen LogP contribution < -0.4 is 0 Å². The summed E-state index contributed by atoms with van der Waals surface area (Å²) in [5.74, 6) is -1.47. The fraction of sp³-hybridized carbons (Fsp3) is 0.896. The second-order valence-electron chi connectivity index (χ2n) is 27.5. The monoisotopic (exact) mass is 1410 g/mol. The zero-order chi connectivity index (χ0) is 70.5. The first-order chi connectivity index (χ1) is 46.5. The highest BCUT2D eigenvalue weighted by Crippen LogP contribution is 2.45. The Bertz CT molecular complexity index is 1930. The van der Waals surface area contributed by atoms with Gasteiger partial charge < -0.3 is 33.8 Å². The van der Waals surface area contributed by atoms with E-state index in [0.717, 1.165) is 116 Å². The molecule has 0 aliphatic carbocycles. The highest BCUT2D eigenvalue weighted by atomic mass is 31.2. The van der Waals surface area contributed by atoms with Gasteiger partial charge in [0.25, 0.3) is 0 Å². The van der Waals surface area contributed by atoms with Gasteiger partial charge in [0.15, 0.2) is 12.2 Å². The maximum Gasteiger partial charge on any atom is 0.472 e. The molecule has 0 saturated heterocycles. The highest BCUT2D eigenvalue weighted by Gasteiger charge is 2.30. The van der Waals surface area contributed by atoms with E-state index in [1.165, 1.54) is 180 Å². The molecule has 0 aromatic carbocycles. The van der Waals surface area contributed by atoms with Crippen LogP contribution in [0.3, 0.4) is 0 Å². The molecule has 96 heavy (non-hydrogen) atoms. The molecule has 0 bridgehead atoms. The minimum absolute atomic E-state index is 0.102. The third-order valence-corrected chi connectivity index (χ3v) is 19.3. The quantitative estimate of drug-likeness (QED) is 0.0169. The maximum atomic E-state index is 13.1. The molecule has 19 heteroatoms. The average molecular weight is 1410 g/mol. The van der Waals surface area contributed by atoms with Gasteiger partial charge in [0.1, 0.15) is 19.3 Å². The van der Waals surface area contributed by atoms with Crippen molar-refractivity contribution in [2.45, 2.75) is 400 Å². The first kappa shape index (κ1) is 93.5. The maximum absolute atomic E-state index is 13.1. The van der Waals surface area contributed by atoms with E-state index in [2.05, 4.69) is 58.9 Å². The van der Waals surface area contributed by atoms with Crippen molar-refractivity contribution in [1.29, 1.82) is 0 Å². The molecule has 0 heterocycles. The molecule has 0 rings (SSSR count). The summed E-state index contributed by atoms with van der Waals surface area (Å²) in [4.78, 5) is 72.7. The second kappa shape index (κ2) is 69.6. The lowest BCUT2D eigenvalue weighted by Crippen LogP contribution is -2.30. The summed E-state index contributed by atoms with van der Waals surface area (Å²) in [5, 5.41) is 10.6. The number of carbonyl (C=O) groups is 4. The molecule has 5 atom stereocenters. The third kappa shape index (κ3) is 70.0. The van der Waals surface area contributed by atoms with Crippen molar-refractivity contribution in [2.24, 2.45) is 5.92 Å². The molecule has 0 radical (unpaired) electrons. The fourth-order valence-corrected chi connectivity index (χ4v) is 12.9. The molecule has 0 spiro atoms. The van der Waals surface area contributed by atoms with Gasteiger partial charge in [-0.15, -0.1) is 0 Å². The summed E-state index contributed by atoms with van der Waals surface area (Å²) < 4.78 is 68.4. The molecule has 0 aliphatic heterocycles. The van der Waals surface area contributed by atoms with Crippen LogP contribution in [0, 0.1) is 5.92 Å². The summed E-state index contributed by atoms with van der Waals surface area (Å²) in [6.07, 6.45) is 62.1. The van der Waals surface area contributed by atoms with Gasteiger partial charge in [-0.3, -0.25) is 37.3 Å². The third-order valence-electron chi connectivity index (χ3n) is 17.4. The van der Waals surface area contributed by atoms with Gasteiger partial charge in [-0.2, -0.15) is 0 Å². The van der Waals surface area contributed by atoms with Gasteiger partial charge in [0, 0.05) is 25.7 Å². The zero-order valence-corrected chi connectivity index (χ0v) is 63.8. The van der Waals surface area contributed by atoms with Gasteiger partial charge in [-0.1, -0.05) is 329 Å². The number of allylic oxidation sites excluding steroid dienone is 4. The molecule has 3 N–H and O–H groups in total. The van der Waals surface area contributed by atoms with Crippen molar-refractivity contribution < 1.29 is 80.2 Å². The Kier molecular flexibility index (Phi) is 67.8. The molecule has 0 amide bonds. The number of phosphoric acid groups is 2. The summed E-state index contributed by atoms with van der Waals surface area (Å²) in [5.41, 5.74) is 0. The minimum atomic E-state index is -4.96. The molecule has 566 valence electrons. The first-order valence-corrected chi connectivity index (χ1v) is 42.4. The van der Waals surface area contributed by atoms with Gasteiger partial charge in [0.05, 0.1) is 26.4 Å². The van der Waals surface area contributed by atoms with E-state index in [1.807, 2.05) is 0 Å². The van der Waals surface area contributed by atoms with Crippen LogP contribution in [0.4, 0.5) is 0 Å². The summed E-state index contributed by atoms with van der Waals surface area (Å²) in [6, 6.07) is 0. The van der Waals surface area contributed by atoms with Gasteiger partial charge >= 0.3 is 39.5 Å². The SMILES string of the molecule is CCCCCC/C=C\C=C/CCCCCCCC(=O)OC[C@H](COP(=O)(O)OC[C@@H](O)COP(=O)(O)OC[C@@H](COC(=O)CCCCCCCCC(C)C)OC(=O)CCCCCCCCCCCCC)OC(=O)CCCCCCCCCCCCCCCCCCCCCCC. The Morgan fingerprint density at radius 2 is 0.562 bits per heavy atom. The van der Waals surface area contributed by atoms with Crippen molar-refractivity contribution in [1.82, 2.24) is 0 Å². The molecule has 0 aliphatic rings. The Labute approximate surface area is 586 Å². The number of hydrogen-bond donors (Lipinski definition) is 3. The number of phosphoric ester groups is 2. The molecule has 2 unspecified atom stereocenters. The molecule has 0 aromatic rings. The van der Waals surface area contributed by atoms with Crippen LogP contribution in [-0.2, 0) is 65.4 Å². The van der Waals surface area contributed by atoms with Crippen LogP contribution in [-0.4, -0.2) is 96.7 Å². The van der Waals surface area contributed by atoms with Crippen molar-refractivity contribution in [3.8, 4) is 0 Å². The van der Waals surface area contributed by atoms with Crippen LogP contribution in [0.5, 0.6) is 0 Å². The summed E-state index contributed by atoms with van der Waals surface area (Å²) >= 11 is 0. The lowest BCUT2D eigenvalue weighted by molar-refractivity contribution is -0.161. The molecule has 0 aromatic heterocycles. The first-order valence-electron chi connectivity index (χ1n) is 39.5. The topological polar surface area (TPSA) is 237 Å². The molecule has 17 nitrogen and oxygen atoms in total. The lowest BCUT2D eigenvalue weighted by atomic mass is 10.0. The van der Waals surface area contributed by atoms with E-state index in [4.69, 9.17) is 37.0 Å². The Morgan fingerprint density at radius 3 is 0.854 bits per heavy atom. The Hall–Kier alpha value is -2.46. The Balaban J connectivity index is 5.22. The van der Waals surface area contributed by atoms with E-state index in [1.54, 1.807) is 0 Å². The van der Waals surface area contributed by atoms with Gasteiger partial charge in [0.2, 0.25) is 0 Å². The van der Waals surface area contributed by atoms with Crippen LogP contribution >= 0.6 is 15.6 Å². The van der Waals surface area contributed by atoms with E-state index < -0.39 is 97.5 Å². The van der Waals surface area contributed by atoms with Crippen LogP contribution in [0.25, 0.3) is 0 Å². The highest BCUT2D eigenvalue weighted by molar-refractivity contribution is 7.47. The predicted molar refractivity (Wildman–Crippen MR) is 391 cm³/mol. The van der Waals surface area contributed by atoms with Crippen LogP contribution in [0.2, 0.25) is 0 Å². The van der Waals surface area contributed by atoms with Gasteiger partial charge in [-0.05, 0) is 57.3 Å². The standard InChI is InChI=1S/C77H146O17P2/c1-6-9-12-15-18-21-24-26-28-29-30-31-32-33-35-37-40-43-46-53-58-63-77(82)93-72(66-87-74(79)60-55-50-44-41-39-36-34-27-25-22-19-16-13-10-7-2)68-91-95(83,84)89-64-71(78)65-90-96(85,86)92-69-73(67-88-75(80)61-56-51-48-47-49-54-59-70(4)5)94-76(81)62-57-52-45-42-38-23-20-17-14-11-8-3/h22,25,27,34,70-73,78H,6-21,23-24,26,28-33,35-69H2,1-5H3,(H,83,84)(H,85,86)/b25-22-,34-27-/t71-,72-,73-/m1/s1. The normalized spacial score (nSPS) is 14.1. The van der Waals surface area contributed by atoms with E-state index in [-0.39, 0.29) is 25.7 Å². The number of esters is 4. The molecular weight excluding hydrogens is 1260 g/mol. The summed E-state index contributed by atoms with van der Waals surface area (Å²) in [6.45, 7) is 7.14. The van der Waals surface area contributed by atoms with Gasteiger partial charge in [-0.25, -0.2) is 9.13 Å². The lowest BCUT2D eigenvalue weighted by Gasteiger charge is -2.21. The predicted octanol–water partition coefficient (Wildman–Crippen LogP) is 22.4. The van der Waals surface area contributed by atoms with Crippen molar-refractivity contribution >= 4 is 39.5 Å². The number of aliphatic hydroxyl groups excluding tert-OH is 1. The smallest absolute Gasteiger partial charge is 0.462 e. The minimum Gasteiger partial charge on any atom is -0.462 e. The van der Waals surface area contributed by atoms with E-state index >= 15 is 0 Å². The summed E-state index contributed by atoms with van der Waals surface area (Å²) in [7, 11) is -9.92. The number of carbonyl (C=O) groups excluding carboxylic acids is 4. The fourth-order valence-electron chi connectivity index (χ4n) is 11.3. The molecular formula is C77H146O17P2. The Morgan fingerprint density at radius 1 is 0.323 bits per heavy atom. The van der Waals surface area contributed by atoms with E-state index in [9.17, 15) is 43.2 Å². The largest absolute Gasteiger partial charge is 0.472 e. The van der Waals surface area contributed by atoms with Crippen LogP contribution in [0.1, 0.15) is 381 Å². The molecule has 0 fully saturated rings. The number of ether oxygens (including phenoxy) is 4. The molecule has 0 saturated carbocycles. The van der Waals surface area contributed by atoms with Crippen molar-refractivity contribution in [2.75, 3.05) is 39.6 Å². The van der Waals surface area contributed by atoms with E-state index in [0.29, 0.717) is 31.6 Å². The number of rotatable bonds is 75. The van der Waals surface area contributed by atoms with Crippen molar-refractivity contribution in [3.05, 3.63) is 24.3 Å². The average Bonchev–Trinajstić information content (AvgIpc) is 1.96. The zero-order valence-electron chi connectivity index (χ0n) is 62.0. The van der Waals surface area contributed by atoms with Crippen LogP contribution in [0.15, 0.2) is 24.3 Å².